The molecule has 3 aromatic carbocycles. The number of amides is 4. The Labute approximate surface area is 403 Å². The second kappa shape index (κ2) is 28.4. The summed E-state index contributed by atoms with van der Waals surface area (Å²) in [4.78, 5) is 118. The lowest BCUT2D eigenvalue weighted by molar-refractivity contribution is -0.387. The van der Waals surface area contributed by atoms with Gasteiger partial charge in [-0.3, -0.25) is 69.2 Å². The van der Waals surface area contributed by atoms with E-state index >= 15 is 0 Å². The molecular weight excluding hydrogens is 969 g/mol. The zero-order valence-electron chi connectivity index (χ0n) is 36.3. The lowest BCUT2D eigenvalue weighted by Gasteiger charge is -2.18. The third kappa shape index (κ3) is 19.4. The molecule has 4 amide bonds. The summed E-state index contributed by atoms with van der Waals surface area (Å²) in [6, 6.07) is 8.34. The van der Waals surface area contributed by atoms with E-state index in [0.29, 0.717) is 0 Å². The highest BCUT2D eigenvalue weighted by atomic mass is 32.2. The fraction of sp³-hybridized carbons (Fsp3) is 0.300. The number of nitrogens with two attached hydrogens (primary N) is 2. The minimum absolute atomic E-state index is 0.0321. The van der Waals surface area contributed by atoms with Gasteiger partial charge in [-0.05, 0) is 43.2 Å². The summed E-state index contributed by atoms with van der Waals surface area (Å²) in [5.74, 6) is -8.39. The number of carbonyl (C=O) groups is 8. The number of carboxylic acid groups (broad SMARTS) is 4. The number of hydrogen-bond donors (Lipinski definition) is 12. The average Bonchev–Trinajstić information content (AvgIpc) is 3.31. The largest absolute Gasteiger partial charge is 0.480 e. The molecule has 14 N–H and O–H groups in total. The Balaban J connectivity index is 1.62. The van der Waals surface area contributed by atoms with E-state index in [9.17, 15) is 58.6 Å². The molecule has 3 aromatic rings. The molecular formula is C40H46N12O16S2. The van der Waals surface area contributed by atoms with Crippen LogP contribution in [-0.4, -0.2) is 152 Å². The molecule has 30 heteroatoms. The first-order valence-electron chi connectivity index (χ1n) is 20.2. The summed E-state index contributed by atoms with van der Waals surface area (Å²) >= 11 is 1.73. The molecule has 0 unspecified atom stereocenters. The number of hydrogen-bond acceptors (Lipinski definition) is 20. The summed E-state index contributed by atoms with van der Waals surface area (Å²) in [6.45, 7) is -1.50. The number of nitro groups is 2. The minimum atomic E-state index is -1.28. The maximum Gasteiger partial charge on any atom is 0.320 e. The molecule has 374 valence electrons. The van der Waals surface area contributed by atoms with Crippen LogP contribution in [-0.2, 0) is 28.8 Å². The first-order valence-corrected chi connectivity index (χ1v) is 22.2. The van der Waals surface area contributed by atoms with Crippen LogP contribution in [0.15, 0.2) is 80.7 Å². The van der Waals surface area contributed by atoms with E-state index in [-0.39, 0.29) is 69.5 Å². The van der Waals surface area contributed by atoms with Gasteiger partial charge in [-0.2, -0.15) is 10.2 Å². The van der Waals surface area contributed by atoms with Crippen LogP contribution in [0.1, 0.15) is 44.7 Å². The van der Waals surface area contributed by atoms with Crippen molar-refractivity contribution in [3.8, 4) is 0 Å². The Hall–Kier alpha value is -7.90. The van der Waals surface area contributed by atoms with Crippen molar-refractivity contribution in [3.05, 3.63) is 103 Å². The normalized spacial score (nSPS) is 12.8. The molecule has 0 aliphatic carbocycles. The standard InChI is InChI=1S/C40H46N12O16S2/c41-25(39(61)62)8-10-43-37(59)27(45-17-33(53)54)19-69-31-6-4-21(12-29(31)51(65)66)15-47-49-35(57)23-2-1-3-24(14-23)36(58)50-48-16-22-5-7-32(30(13-22)52(67)68)70-20-28(46-18-34(55)56)38(60)44-11-9-26(42)40(63)64/h1-7,12-16,25-28,45-46H,8-11,17-20,41-42H2,(H,43,59)(H,44,60)(H,49,57)(H,50,58)(H,53,54)(H,55,56)(H,61,62)(H,63,64)/b47-15+,48-16+/t25-,26-,27+,28+/m0/s1. The summed E-state index contributed by atoms with van der Waals surface area (Å²) in [5, 5.41) is 77.5. The molecule has 28 nitrogen and oxygen atoms in total. The van der Waals surface area contributed by atoms with Crippen molar-refractivity contribution in [1.82, 2.24) is 32.1 Å². The maximum absolute atomic E-state index is 12.9. The third-order valence-electron chi connectivity index (χ3n) is 9.09. The van der Waals surface area contributed by atoms with E-state index in [1.54, 1.807) is 0 Å². The Bertz CT molecular complexity index is 2350. The van der Waals surface area contributed by atoms with Crippen molar-refractivity contribution >= 4 is 94.8 Å². The van der Waals surface area contributed by atoms with Gasteiger partial charge in [0.1, 0.15) is 12.1 Å². The quantitative estimate of drug-likeness (QED) is 0.0167. The fourth-order valence-electron chi connectivity index (χ4n) is 5.44. The molecule has 0 fully saturated rings. The van der Waals surface area contributed by atoms with Crippen LogP contribution in [0.2, 0.25) is 0 Å². The lowest BCUT2D eigenvalue weighted by atomic mass is 10.1. The van der Waals surface area contributed by atoms with Crippen molar-refractivity contribution in [3.63, 3.8) is 0 Å². The van der Waals surface area contributed by atoms with E-state index in [2.05, 4.69) is 42.3 Å². The van der Waals surface area contributed by atoms with Crippen LogP contribution in [0.25, 0.3) is 0 Å². The lowest BCUT2D eigenvalue weighted by Crippen LogP contribution is -2.48. The third-order valence-corrected chi connectivity index (χ3v) is 11.4. The smallest absolute Gasteiger partial charge is 0.320 e. The predicted molar refractivity (Wildman–Crippen MR) is 250 cm³/mol. The first-order chi connectivity index (χ1) is 33.2. The van der Waals surface area contributed by atoms with Crippen LogP contribution >= 0.6 is 23.5 Å². The summed E-state index contributed by atoms with van der Waals surface area (Å²) in [5.41, 5.74) is 14.8. The van der Waals surface area contributed by atoms with Crippen molar-refractivity contribution < 1.29 is 68.6 Å². The molecule has 0 aromatic heterocycles. The highest BCUT2D eigenvalue weighted by Crippen LogP contribution is 2.31. The average molecular weight is 1020 g/mol. The molecule has 4 atom stereocenters. The molecule has 0 saturated heterocycles. The van der Waals surface area contributed by atoms with Crippen LogP contribution in [0.5, 0.6) is 0 Å². The Kier molecular flexibility index (Phi) is 22.9. The SMILES string of the molecule is N[C@@H](CCNC(=O)[C@@H](CSc1ccc(/C=N/NC(=O)c2cccc(C(=O)N/N=C/c3ccc(SC[C@@H](NCC(=O)O)C(=O)NCC[C@H](N)C(=O)O)c([N+](=O)[O-])c3)c2)cc1[N+](=O)[O-])NCC(=O)O)C(=O)O. The van der Waals surface area contributed by atoms with Gasteiger partial charge in [0.15, 0.2) is 0 Å². The molecule has 0 saturated carbocycles. The number of carboxylic acids is 4. The molecule has 0 heterocycles. The second-order valence-electron chi connectivity index (χ2n) is 14.3. The van der Waals surface area contributed by atoms with E-state index in [4.69, 9.17) is 31.9 Å². The van der Waals surface area contributed by atoms with E-state index in [0.717, 1.165) is 48.1 Å². The minimum Gasteiger partial charge on any atom is -0.480 e. The predicted octanol–water partition coefficient (Wildman–Crippen LogP) is -0.863. The number of benzene rings is 3. The molecule has 0 spiro atoms. The summed E-state index contributed by atoms with van der Waals surface area (Å²) in [6.07, 6.45) is 1.99. The van der Waals surface area contributed by atoms with Gasteiger partial charge in [-0.25, -0.2) is 10.9 Å². The van der Waals surface area contributed by atoms with Gasteiger partial charge in [0.05, 0.1) is 57.2 Å². The molecule has 0 radical (unpaired) electrons. The van der Waals surface area contributed by atoms with Crippen LogP contribution in [0.4, 0.5) is 11.4 Å². The second-order valence-corrected chi connectivity index (χ2v) is 16.4. The Morgan fingerprint density at radius 2 is 1.00 bits per heavy atom. The molecule has 0 aliphatic heterocycles. The number of nitrogens with zero attached hydrogens (tertiary/aromatic N) is 4. The van der Waals surface area contributed by atoms with Crippen LogP contribution in [0.3, 0.4) is 0 Å². The maximum atomic E-state index is 12.9. The van der Waals surface area contributed by atoms with Gasteiger partial charge in [-0.15, -0.1) is 23.5 Å². The van der Waals surface area contributed by atoms with Crippen molar-refractivity contribution in [2.75, 3.05) is 37.7 Å². The Morgan fingerprint density at radius 1 is 0.614 bits per heavy atom. The first kappa shape index (κ1) is 56.4. The fourth-order valence-corrected chi connectivity index (χ4v) is 7.56. The highest BCUT2D eigenvalue weighted by Gasteiger charge is 2.25. The number of hydrazone groups is 2. The molecule has 0 bridgehead atoms. The zero-order valence-corrected chi connectivity index (χ0v) is 38.0. The van der Waals surface area contributed by atoms with Crippen LogP contribution in [0, 0.1) is 20.2 Å². The van der Waals surface area contributed by atoms with Crippen molar-refractivity contribution in [2.45, 2.75) is 46.8 Å². The van der Waals surface area contributed by atoms with Crippen molar-refractivity contribution in [1.29, 1.82) is 0 Å². The van der Waals surface area contributed by atoms with Crippen molar-refractivity contribution in [2.24, 2.45) is 21.7 Å². The highest BCUT2D eigenvalue weighted by molar-refractivity contribution is 7.99. The van der Waals surface area contributed by atoms with Gasteiger partial charge in [0, 0.05) is 59.0 Å². The summed E-state index contributed by atoms with van der Waals surface area (Å²) < 4.78 is 0. The number of aliphatic carboxylic acids is 4. The number of rotatable bonds is 30. The number of nitrogens with one attached hydrogen (secondary N) is 6. The summed E-state index contributed by atoms with van der Waals surface area (Å²) in [7, 11) is 0. The zero-order chi connectivity index (χ0) is 51.9. The van der Waals surface area contributed by atoms with E-state index in [1.807, 2.05) is 0 Å². The monoisotopic (exact) mass is 1010 g/mol. The van der Waals surface area contributed by atoms with Gasteiger partial charge in [0.25, 0.3) is 23.2 Å². The van der Waals surface area contributed by atoms with Gasteiger partial charge >= 0.3 is 23.9 Å². The molecule has 70 heavy (non-hydrogen) atoms. The van der Waals surface area contributed by atoms with Gasteiger partial charge < -0.3 is 42.5 Å². The van der Waals surface area contributed by atoms with Gasteiger partial charge in [0.2, 0.25) is 11.8 Å². The molecule has 3 rings (SSSR count). The topological polar surface area (TPSA) is 453 Å². The van der Waals surface area contributed by atoms with E-state index < -0.39 is 106 Å². The van der Waals surface area contributed by atoms with E-state index in [1.165, 1.54) is 48.5 Å². The number of carbonyl (C=O) groups excluding carboxylic acids is 4. The number of thioether (sulfide) groups is 2. The number of nitro benzene ring substituents is 2. The molecule has 0 aliphatic rings. The Morgan fingerprint density at radius 3 is 1.34 bits per heavy atom. The van der Waals surface area contributed by atoms with Gasteiger partial charge in [-0.1, -0.05) is 18.2 Å². The van der Waals surface area contributed by atoms with Crippen LogP contribution < -0.4 is 43.6 Å².